The van der Waals surface area contributed by atoms with Gasteiger partial charge >= 0.3 is 5.97 Å². The fraction of sp³-hybridized carbons (Fsp3) is 0.941. The molecular weight excluding hydrogens is 268 g/mol. The van der Waals surface area contributed by atoms with Gasteiger partial charge in [-0.25, -0.2) is 0 Å². The molecule has 0 unspecified atom stereocenters. The van der Waals surface area contributed by atoms with E-state index in [-0.39, 0.29) is 13.0 Å². The predicted molar refractivity (Wildman–Crippen MR) is 85.4 cm³/mol. The average molecular weight is 302 g/mol. The van der Waals surface area contributed by atoms with Crippen LogP contribution in [0.4, 0.5) is 0 Å². The lowest BCUT2D eigenvalue weighted by Crippen LogP contribution is -2.33. The van der Waals surface area contributed by atoms with Gasteiger partial charge in [0.05, 0.1) is 12.2 Å². The van der Waals surface area contributed by atoms with Crippen molar-refractivity contribution >= 4 is 5.97 Å². The van der Waals surface area contributed by atoms with Crippen molar-refractivity contribution in [3.05, 3.63) is 0 Å². The van der Waals surface area contributed by atoms with Crippen molar-refractivity contribution in [3.8, 4) is 0 Å². The predicted octanol–water partition coefficient (Wildman–Crippen LogP) is 3.89. The molecule has 0 aliphatic carbocycles. The first-order valence-electron chi connectivity index (χ1n) is 8.59. The van der Waals surface area contributed by atoms with Crippen molar-refractivity contribution in [3.63, 3.8) is 0 Å². The fourth-order valence-corrected chi connectivity index (χ4v) is 2.62. The molecular formula is C17H34O4. The highest BCUT2D eigenvalue weighted by atomic mass is 16.4. The summed E-state index contributed by atoms with van der Waals surface area (Å²) in [5, 5.41) is 28.1. The Hall–Kier alpha value is -0.610. The minimum absolute atomic E-state index is 0.0556. The smallest absolute Gasteiger partial charge is 0.303 e. The van der Waals surface area contributed by atoms with E-state index < -0.39 is 11.6 Å². The Morgan fingerprint density at radius 2 is 1.33 bits per heavy atom. The second-order valence-electron chi connectivity index (χ2n) is 6.21. The van der Waals surface area contributed by atoms with Crippen LogP contribution in [0.25, 0.3) is 0 Å². The van der Waals surface area contributed by atoms with Crippen LogP contribution in [0, 0.1) is 0 Å². The van der Waals surface area contributed by atoms with E-state index in [9.17, 15) is 15.0 Å². The zero-order chi connectivity index (χ0) is 16.0. The van der Waals surface area contributed by atoms with Crippen LogP contribution in [0.5, 0.6) is 0 Å². The van der Waals surface area contributed by atoms with Crippen molar-refractivity contribution in [1.82, 2.24) is 0 Å². The molecule has 0 radical (unpaired) electrons. The number of hydrogen-bond donors (Lipinski definition) is 3. The van der Waals surface area contributed by atoms with Crippen molar-refractivity contribution in [1.29, 1.82) is 0 Å². The second kappa shape index (κ2) is 13.1. The molecule has 0 aliphatic rings. The standard InChI is InChI=1S/C17H34O4/c1-2-3-4-5-6-7-8-9-10-13-17(21,15-18)14-11-12-16(19)20/h18,21H,2-15H2,1H3,(H,19,20)/t17-/m1/s1. The number of rotatable bonds is 15. The van der Waals surface area contributed by atoms with E-state index in [1.165, 1.54) is 44.9 Å². The third-order valence-corrected chi connectivity index (χ3v) is 4.07. The van der Waals surface area contributed by atoms with Crippen LogP contribution in [0.15, 0.2) is 0 Å². The molecule has 0 aromatic rings. The quantitative estimate of drug-likeness (QED) is 0.401. The maximum atomic E-state index is 10.5. The van der Waals surface area contributed by atoms with Gasteiger partial charge < -0.3 is 15.3 Å². The van der Waals surface area contributed by atoms with Gasteiger partial charge in [0.25, 0.3) is 0 Å². The fourth-order valence-electron chi connectivity index (χ4n) is 2.62. The summed E-state index contributed by atoms with van der Waals surface area (Å²) in [6.07, 6.45) is 12.4. The molecule has 3 N–H and O–H groups in total. The Balaban J connectivity index is 3.55. The Kier molecular flexibility index (Phi) is 12.7. The molecule has 4 nitrogen and oxygen atoms in total. The lowest BCUT2D eigenvalue weighted by molar-refractivity contribution is -0.137. The first kappa shape index (κ1) is 20.4. The molecule has 0 aromatic heterocycles. The first-order chi connectivity index (χ1) is 10.0. The highest BCUT2D eigenvalue weighted by Crippen LogP contribution is 2.22. The number of carboxylic acid groups (broad SMARTS) is 1. The van der Waals surface area contributed by atoms with E-state index in [4.69, 9.17) is 5.11 Å². The van der Waals surface area contributed by atoms with Gasteiger partial charge in [-0.3, -0.25) is 4.79 Å². The second-order valence-corrected chi connectivity index (χ2v) is 6.21. The van der Waals surface area contributed by atoms with Crippen LogP contribution in [0.3, 0.4) is 0 Å². The Bertz CT molecular complexity index is 255. The number of carbonyl (C=O) groups is 1. The summed E-state index contributed by atoms with van der Waals surface area (Å²) >= 11 is 0. The van der Waals surface area contributed by atoms with Crippen LogP contribution in [0.1, 0.15) is 90.4 Å². The molecule has 0 fully saturated rings. The van der Waals surface area contributed by atoms with Crippen LogP contribution >= 0.6 is 0 Å². The van der Waals surface area contributed by atoms with E-state index in [1.807, 2.05) is 0 Å². The third-order valence-electron chi connectivity index (χ3n) is 4.07. The summed E-state index contributed by atoms with van der Waals surface area (Å²) < 4.78 is 0. The summed E-state index contributed by atoms with van der Waals surface area (Å²) in [6.45, 7) is 1.95. The molecule has 0 aromatic carbocycles. The minimum Gasteiger partial charge on any atom is -0.481 e. The van der Waals surface area contributed by atoms with Crippen LogP contribution < -0.4 is 0 Å². The van der Waals surface area contributed by atoms with Crippen molar-refractivity contribution in [2.75, 3.05) is 6.61 Å². The van der Waals surface area contributed by atoms with E-state index in [0.29, 0.717) is 19.3 Å². The third kappa shape index (κ3) is 12.8. The molecule has 1 atom stereocenters. The van der Waals surface area contributed by atoms with Crippen LogP contribution in [-0.4, -0.2) is 33.5 Å². The van der Waals surface area contributed by atoms with Gasteiger partial charge in [0.1, 0.15) is 0 Å². The molecule has 0 bridgehead atoms. The molecule has 4 heteroatoms. The highest BCUT2D eigenvalue weighted by Gasteiger charge is 2.25. The Morgan fingerprint density at radius 3 is 1.81 bits per heavy atom. The Labute approximate surface area is 129 Å². The molecule has 126 valence electrons. The van der Waals surface area contributed by atoms with Gasteiger partial charge in [0, 0.05) is 6.42 Å². The summed E-state index contributed by atoms with van der Waals surface area (Å²) in [5.41, 5.74) is -1.09. The minimum atomic E-state index is -1.09. The van der Waals surface area contributed by atoms with Crippen molar-refractivity contribution < 1.29 is 20.1 Å². The summed E-state index contributed by atoms with van der Waals surface area (Å²) in [5.74, 6) is -0.849. The number of aliphatic hydroxyl groups excluding tert-OH is 1. The van der Waals surface area contributed by atoms with Gasteiger partial charge in [-0.1, -0.05) is 64.7 Å². The van der Waals surface area contributed by atoms with E-state index >= 15 is 0 Å². The summed E-state index contributed by atoms with van der Waals surface area (Å²) in [7, 11) is 0. The number of aliphatic carboxylic acids is 1. The van der Waals surface area contributed by atoms with E-state index in [0.717, 1.165) is 12.8 Å². The average Bonchev–Trinajstić information content (AvgIpc) is 2.45. The molecule has 0 saturated heterocycles. The molecule has 0 rings (SSSR count). The van der Waals surface area contributed by atoms with E-state index in [2.05, 4.69) is 6.92 Å². The first-order valence-corrected chi connectivity index (χ1v) is 8.59. The van der Waals surface area contributed by atoms with Gasteiger partial charge in [0.2, 0.25) is 0 Å². The molecule has 0 amide bonds. The number of carboxylic acids is 1. The maximum absolute atomic E-state index is 10.5. The lowest BCUT2D eigenvalue weighted by Gasteiger charge is -2.25. The zero-order valence-electron chi connectivity index (χ0n) is 13.6. The lowest BCUT2D eigenvalue weighted by atomic mass is 9.91. The number of hydrogen-bond acceptors (Lipinski definition) is 3. The maximum Gasteiger partial charge on any atom is 0.303 e. The number of unbranched alkanes of at least 4 members (excludes halogenated alkanes) is 8. The SMILES string of the molecule is CCCCCCCCCCC[C@](O)(CO)CCCC(=O)O. The molecule has 0 heterocycles. The van der Waals surface area contributed by atoms with Gasteiger partial charge in [-0.15, -0.1) is 0 Å². The zero-order valence-corrected chi connectivity index (χ0v) is 13.6. The van der Waals surface area contributed by atoms with E-state index in [1.54, 1.807) is 0 Å². The van der Waals surface area contributed by atoms with Crippen molar-refractivity contribution in [2.45, 2.75) is 96.0 Å². The number of aliphatic hydroxyl groups is 2. The van der Waals surface area contributed by atoms with Gasteiger partial charge in [-0.05, 0) is 19.3 Å². The van der Waals surface area contributed by atoms with Crippen molar-refractivity contribution in [2.24, 2.45) is 0 Å². The topological polar surface area (TPSA) is 77.8 Å². The van der Waals surface area contributed by atoms with Crippen LogP contribution in [0.2, 0.25) is 0 Å². The van der Waals surface area contributed by atoms with Gasteiger partial charge in [-0.2, -0.15) is 0 Å². The monoisotopic (exact) mass is 302 g/mol. The highest BCUT2D eigenvalue weighted by molar-refractivity contribution is 5.66. The largest absolute Gasteiger partial charge is 0.481 e. The summed E-state index contributed by atoms with van der Waals surface area (Å²) in [6, 6.07) is 0. The summed E-state index contributed by atoms with van der Waals surface area (Å²) in [4.78, 5) is 10.5. The molecule has 21 heavy (non-hydrogen) atoms. The molecule has 0 spiro atoms. The normalized spacial score (nSPS) is 14.0. The molecule has 0 saturated carbocycles. The van der Waals surface area contributed by atoms with Gasteiger partial charge in [0.15, 0.2) is 0 Å². The Morgan fingerprint density at radius 1 is 0.857 bits per heavy atom. The molecule has 0 aliphatic heterocycles. The van der Waals surface area contributed by atoms with Crippen LogP contribution in [-0.2, 0) is 4.79 Å².